The summed E-state index contributed by atoms with van der Waals surface area (Å²) < 4.78 is 25.9. The van der Waals surface area contributed by atoms with Crippen LogP contribution in [-0.4, -0.2) is 115 Å². The molecule has 1 amide bonds. The summed E-state index contributed by atoms with van der Waals surface area (Å²) >= 11 is 0. The largest absolute Gasteiger partial charge is 0.497 e. The predicted molar refractivity (Wildman–Crippen MR) is 138 cm³/mol. The third-order valence-corrected chi connectivity index (χ3v) is 9.75. The second kappa shape index (κ2) is 11.7. The summed E-state index contributed by atoms with van der Waals surface area (Å²) in [6, 6.07) is 4.81. The fourth-order valence-corrected chi connectivity index (χ4v) is 7.16. The average Bonchev–Trinajstić information content (AvgIpc) is 3.42. The molecule has 196 valence electrons. The van der Waals surface area contributed by atoms with Crippen molar-refractivity contribution in [2.45, 2.75) is 50.1 Å². The molecule has 0 aromatic heterocycles. The summed E-state index contributed by atoms with van der Waals surface area (Å²) in [5.74, 6) is 1.46. The third-order valence-electron chi connectivity index (χ3n) is 8.00. The molecule has 1 aromatic rings. The number of nitrogens with zero attached hydrogens (tertiary/aromatic N) is 4. The van der Waals surface area contributed by atoms with Crippen molar-refractivity contribution < 1.29 is 18.5 Å². The van der Waals surface area contributed by atoms with E-state index < -0.39 is 11.0 Å². The van der Waals surface area contributed by atoms with Crippen molar-refractivity contribution in [3.8, 4) is 5.75 Å². The number of rotatable bonds is 9. The van der Waals surface area contributed by atoms with E-state index in [4.69, 9.17) is 9.47 Å². The zero-order chi connectivity index (χ0) is 25.1. The number of likely N-dealkylation sites (N-methyl/N-ethyl adjacent to an activating group) is 1. The molecule has 35 heavy (non-hydrogen) atoms. The van der Waals surface area contributed by atoms with Crippen LogP contribution in [0.25, 0.3) is 0 Å². The number of ether oxygens (including phenoxy) is 2. The van der Waals surface area contributed by atoms with Gasteiger partial charge in [0.05, 0.1) is 18.6 Å². The summed E-state index contributed by atoms with van der Waals surface area (Å²) in [5, 5.41) is 0. The quantitative estimate of drug-likeness (QED) is 0.477. The normalized spacial score (nSPS) is 24.8. The van der Waals surface area contributed by atoms with Gasteiger partial charge in [0.2, 0.25) is 5.91 Å². The molecule has 9 heteroatoms. The van der Waals surface area contributed by atoms with Gasteiger partial charge in [-0.05, 0) is 82.4 Å². The molecule has 4 rings (SSSR count). The van der Waals surface area contributed by atoms with Gasteiger partial charge in [-0.15, -0.1) is 0 Å². The van der Waals surface area contributed by atoms with Gasteiger partial charge in [0.15, 0.2) is 0 Å². The van der Waals surface area contributed by atoms with Crippen molar-refractivity contribution in [2.24, 2.45) is 5.92 Å². The first-order chi connectivity index (χ1) is 16.8. The van der Waals surface area contributed by atoms with Crippen LogP contribution in [0.4, 0.5) is 0 Å². The van der Waals surface area contributed by atoms with Crippen molar-refractivity contribution in [3.05, 3.63) is 23.3 Å². The number of fused-ring (bicyclic) bond motifs is 1. The minimum absolute atomic E-state index is 0.0911. The molecule has 0 radical (unpaired) electrons. The van der Waals surface area contributed by atoms with Gasteiger partial charge < -0.3 is 19.3 Å². The predicted octanol–water partition coefficient (Wildman–Crippen LogP) is 1.91. The maximum Gasteiger partial charge on any atom is 0.248 e. The number of hydrogen-bond donors (Lipinski definition) is 0. The summed E-state index contributed by atoms with van der Waals surface area (Å²) in [6.45, 7) is 10.2. The van der Waals surface area contributed by atoms with E-state index in [-0.39, 0.29) is 12.5 Å². The molecule has 1 unspecified atom stereocenters. The molecule has 0 N–H and O–H groups in total. The number of carbonyl (C=O) groups is 1. The molecule has 0 bridgehead atoms. The molecule has 3 atom stereocenters. The molecule has 0 spiro atoms. The standard InChI is InChI=1S/C26H42N4O4S/c1-19-14-23(33-5)15-20(2)26(19)35(32)28(4)12-13-34-18-25(31)30-11-6-21-16-29(17-24(21)30)22-7-9-27(3)10-8-22/h14-15,21-22,24H,6-13,16-18H2,1-5H3/t21-,24+,35?/m0/s1. The smallest absolute Gasteiger partial charge is 0.248 e. The fourth-order valence-electron chi connectivity index (χ4n) is 5.94. The van der Waals surface area contributed by atoms with Gasteiger partial charge in [0.1, 0.15) is 23.3 Å². The molecular formula is C26H42N4O4S. The molecule has 3 saturated heterocycles. The number of piperidine rings is 1. The number of methoxy groups -OCH3 is 1. The zero-order valence-electron chi connectivity index (χ0n) is 22.0. The van der Waals surface area contributed by atoms with Crippen LogP contribution in [-0.2, 0) is 20.5 Å². The lowest BCUT2D eigenvalue weighted by Crippen LogP contribution is -2.46. The number of benzene rings is 1. The van der Waals surface area contributed by atoms with E-state index in [0.29, 0.717) is 31.2 Å². The maximum atomic E-state index is 13.1. The Kier molecular flexibility index (Phi) is 8.86. The first-order valence-corrected chi connectivity index (χ1v) is 14.0. The minimum Gasteiger partial charge on any atom is -0.497 e. The van der Waals surface area contributed by atoms with Crippen LogP contribution in [0.2, 0.25) is 0 Å². The van der Waals surface area contributed by atoms with Gasteiger partial charge in [-0.25, -0.2) is 8.51 Å². The van der Waals surface area contributed by atoms with E-state index in [1.807, 2.05) is 33.0 Å². The van der Waals surface area contributed by atoms with E-state index in [9.17, 15) is 9.00 Å². The van der Waals surface area contributed by atoms with Crippen molar-refractivity contribution >= 4 is 16.9 Å². The average molecular weight is 507 g/mol. The summed E-state index contributed by atoms with van der Waals surface area (Å²) in [6.07, 6.45) is 3.57. The highest BCUT2D eigenvalue weighted by Crippen LogP contribution is 2.34. The fraction of sp³-hybridized carbons (Fsp3) is 0.731. The highest BCUT2D eigenvalue weighted by molar-refractivity contribution is 7.82. The number of hydrogen-bond acceptors (Lipinski definition) is 6. The van der Waals surface area contributed by atoms with Crippen molar-refractivity contribution in [1.82, 2.24) is 19.0 Å². The van der Waals surface area contributed by atoms with Crippen LogP contribution in [0.3, 0.4) is 0 Å². The van der Waals surface area contributed by atoms with E-state index in [2.05, 4.69) is 21.7 Å². The number of amides is 1. The van der Waals surface area contributed by atoms with E-state index in [1.165, 1.54) is 25.9 Å². The van der Waals surface area contributed by atoms with Gasteiger partial charge in [-0.2, -0.15) is 0 Å². The van der Waals surface area contributed by atoms with E-state index in [1.54, 1.807) is 11.4 Å². The molecule has 0 saturated carbocycles. The third kappa shape index (κ3) is 6.07. The van der Waals surface area contributed by atoms with Gasteiger partial charge >= 0.3 is 0 Å². The first kappa shape index (κ1) is 26.5. The first-order valence-electron chi connectivity index (χ1n) is 12.9. The lowest BCUT2D eigenvalue weighted by molar-refractivity contribution is -0.137. The van der Waals surface area contributed by atoms with Gasteiger partial charge in [0.25, 0.3) is 0 Å². The Labute approximate surface area is 213 Å². The van der Waals surface area contributed by atoms with Crippen LogP contribution in [0.5, 0.6) is 5.75 Å². The summed E-state index contributed by atoms with van der Waals surface area (Å²) in [5.41, 5.74) is 1.88. The van der Waals surface area contributed by atoms with E-state index >= 15 is 0 Å². The van der Waals surface area contributed by atoms with Gasteiger partial charge in [-0.3, -0.25) is 9.69 Å². The van der Waals surface area contributed by atoms with E-state index in [0.717, 1.165) is 47.8 Å². The Morgan fingerprint density at radius 2 is 1.80 bits per heavy atom. The van der Waals surface area contributed by atoms with Gasteiger partial charge in [-0.1, -0.05) is 0 Å². The van der Waals surface area contributed by atoms with Crippen molar-refractivity contribution in [2.75, 3.05) is 73.7 Å². The lowest BCUT2D eigenvalue weighted by atomic mass is 10.0. The molecule has 3 aliphatic heterocycles. The Bertz CT molecular complexity index is 898. The topological polar surface area (TPSA) is 65.6 Å². The molecule has 0 aliphatic carbocycles. The number of carbonyl (C=O) groups excluding carboxylic acids is 1. The second-order valence-corrected chi connectivity index (χ2v) is 12.0. The Hall–Kier alpha value is -1.52. The summed E-state index contributed by atoms with van der Waals surface area (Å²) in [7, 11) is 4.36. The van der Waals surface area contributed by atoms with Crippen LogP contribution in [0.15, 0.2) is 17.0 Å². The van der Waals surface area contributed by atoms with Gasteiger partial charge in [0, 0.05) is 45.3 Å². The second-order valence-electron chi connectivity index (χ2n) is 10.4. The SMILES string of the molecule is COc1cc(C)c(S(=O)N(C)CCOCC(=O)N2CC[C@H]3CN(C4CCN(C)CC4)C[C@H]32)c(C)c1. The minimum atomic E-state index is -1.30. The van der Waals surface area contributed by atoms with Crippen molar-refractivity contribution in [3.63, 3.8) is 0 Å². The van der Waals surface area contributed by atoms with Crippen LogP contribution in [0.1, 0.15) is 30.4 Å². The van der Waals surface area contributed by atoms with Crippen molar-refractivity contribution in [1.29, 1.82) is 0 Å². The number of likely N-dealkylation sites (tertiary alicyclic amines) is 3. The zero-order valence-corrected chi connectivity index (χ0v) is 22.8. The molecule has 8 nitrogen and oxygen atoms in total. The van der Waals surface area contributed by atoms with Crippen LogP contribution < -0.4 is 4.74 Å². The molecule has 3 fully saturated rings. The number of aryl methyl sites for hydroxylation is 2. The maximum absolute atomic E-state index is 13.1. The monoisotopic (exact) mass is 506 g/mol. The Morgan fingerprint density at radius 1 is 1.11 bits per heavy atom. The summed E-state index contributed by atoms with van der Waals surface area (Å²) in [4.78, 5) is 20.9. The molecular weight excluding hydrogens is 464 g/mol. The molecule has 1 aromatic carbocycles. The Morgan fingerprint density at radius 3 is 2.46 bits per heavy atom. The molecule has 3 heterocycles. The molecule has 3 aliphatic rings. The lowest BCUT2D eigenvalue weighted by Gasteiger charge is -2.36. The Balaban J connectivity index is 1.21. The van der Waals surface area contributed by atoms with Crippen LogP contribution >= 0.6 is 0 Å². The highest BCUT2D eigenvalue weighted by Gasteiger charge is 2.45. The highest BCUT2D eigenvalue weighted by atomic mass is 32.2. The van der Waals surface area contributed by atoms with Crippen LogP contribution in [0, 0.1) is 19.8 Å².